The molecule has 470 valence electrons. The van der Waals surface area contributed by atoms with Crippen molar-refractivity contribution in [1.29, 1.82) is 0 Å². The number of rotatable bonds is 26. The van der Waals surface area contributed by atoms with Crippen molar-refractivity contribution in [2.45, 2.75) is 150 Å². The van der Waals surface area contributed by atoms with Crippen LogP contribution in [0.2, 0.25) is 0 Å². The minimum Gasteiger partial charge on any atom is -0.384 e. The van der Waals surface area contributed by atoms with E-state index >= 15 is 0 Å². The molecule has 4 heterocycles. The normalized spacial score (nSPS) is 19.9. The van der Waals surface area contributed by atoms with E-state index in [1.54, 1.807) is 11.8 Å². The van der Waals surface area contributed by atoms with Gasteiger partial charge < -0.3 is 39.4 Å². The molecule has 17 heteroatoms. The minimum atomic E-state index is -0.377. The summed E-state index contributed by atoms with van der Waals surface area (Å²) in [6.07, 6.45) is 12.5. The molecule has 1 saturated carbocycles. The van der Waals surface area contributed by atoms with Crippen LogP contribution in [0.1, 0.15) is 156 Å². The zero-order valence-electron chi connectivity index (χ0n) is 53.9. The lowest BCUT2D eigenvalue weighted by molar-refractivity contribution is -0.127. The Labute approximate surface area is 521 Å². The Morgan fingerprint density at radius 3 is 2.10 bits per heavy atom. The first-order valence-corrected chi connectivity index (χ1v) is 32.2. The first kappa shape index (κ1) is 64.2. The molecule has 10 rings (SSSR count). The molecule has 1 saturated heterocycles. The lowest BCUT2D eigenvalue weighted by Crippen LogP contribution is -2.56. The summed E-state index contributed by atoms with van der Waals surface area (Å²) in [5.41, 5.74) is 16.1. The van der Waals surface area contributed by atoms with Crippen molar-refractivity contribution >= 4 is 34.6 Å². The second-order valence-electron chi connectivity index (χ2n) is 26.7. The van der Waals surface area contributed by atoms with Crippen LogP contribution in [0.25, 0.3) is 17.0 Å². The molecule has 2 atom stereocenters. The summed E-state index contributed by atoms with van der Waals surface area (Å²) >= 11 is 0. The fourth-order valence-corrected chi connectivity index (χ4v) is 14.7. The van der Waals surface area contributed by atoms with E-state index < -0.39 is 0 Å². The molecule has 2 unspecified atom stereocenters. The SMILES string of the molecule is CCN1C2C=C3C(=C(c4ccccc4C(=O)N(C)CCCC(=O)NCCOCCOCCOCCOCCC(NCc4ccc(-c5nnc(C)nn5)cc4)=C4C(=O)CC(C)(C)CC4=O)c4cc5c6c(c4C3(C)C)CCCN6CCC5)C=C2C(C)CC1(C)C. The van der Waals surface area contributed by atoms with E-state index in [2.05, 4.69) is 113 Å². The molecule has 2 fully saturated rings. The molecule has 2 N–H and O–H groups in total. The highest BCUT2D eigenvalue weighted by Crippen LogP contribution is 2.57. The maximum Gasteiger partial charge on any atom is 0.254 e. The maximum atomic E-state index is 14.8. The van der Waals surface area contributed by atoms with Crippen LogP contribution in [-0.2, 0) is 58.1 Å². The number of aromatic nitrogens is 4. The van der Waals surface area contributed by atoms with Crippen LogP contribution in [-0.4, -0.2) is 158 Å². The van der Waals surface area contributed by atoms with Gasteiger partial charge in [-0.2, -0.15) is 0 Å². The Morgan fingerprint density at radius 2 is 1.42 bits per heavy atom. The fraction of sp³-hybridized carbons (Fsp3) is 0.549. The molecule has 88 heavy (non-hydrogen) atoms. The molecular formula is C71H93N9O8. The summed E-state index contributed by atoms with van der Waals surface area (Å²) in [4.78, 5) is 61.5. The molecule has 0 bridgehead atoms. The predicted octanol–water partition coefficient (Wildman–Crippen LogP) is 9.84. The molecule has 3 aliphatic heterocycles. The second-order valence-corrected chi connectivity index (χ2v) is 26.7. The predicted molar refractivity (Wildman–Crippen MR) is 343 cm³/mol. The number of piperidine rings is 1. The summed E-state index contributed by atoms with van der Waals surface area (Å²) in [6.45, 7) is 27.3. The van der Waals surface area contributed by atoms with Gasteiger partial charge in [-0.15, -0.1) is 20.4 Å². The number of likely N-dealkylation sites (tertiary alicyclic amines) is 1. The zero-order chi connectivity index (χ0) is 62.3. The number of benzene rings is 3. The number of hydrogen-bond acceptors (Lipinski definition) is 15. The van der Waals surface area contributed by atoms with Crippen molar-refractivity contribution in [1.82, 2.24) is 40.8 Å². The van der Waals surface area contributed by atoms with Crippen molar-refractivity contribution < 1.29 is 38.1 Å². The molecule has 6 aliphatic rings. The lowest BCUT2D eigenvalue weighted by atomic mass is 9.59. The van der Waals surface area contributed by atoms with E-state index in [-0.39, 0.29) is 51.4 Å². The molecular weight excluding hydrogens is 1110 g/mol. The third-order valence-electron chi connectivity index (χ3n) is 18.7. The van der Waals surface area contributed by atoms with Gasteiger partial charge in [0.2, 0.25) is 11.7 Å². The Balaban J connectivity index is 0.650. The molecule has 0 spiro atoms. The van der Waals surface area contributed by atoms with Gasteiger partial charge in [0, 0.05) is 98.9 Å². The van der Waals surface area contributed by atoms with Gasteiger partial charge in [-0.1, -0.05) is 96.2 Å². The van der Waals surface area contributed by atoms with Gasteiger partial charge in [0.1, 0.15) is 0 Å². The first-order valence-electron chi connectivity index (χ1n) is 32.2. The van der Waals surface area contributed by atoms with Crippen molar-refractivity contribution in [3.8, 4) is 11.4 Å². The quantitative estimate of drug-likeness (QED) is 0.0343. The number of ether oxygens (including phenoxy) is 4. The second kappa shape index (κ2) is 28.0. The number of aryl methyl sites for hydroxylation is 2. The van der Waals surface area contributed by atoms with Crippen LogP contribution >= 0.6 is 0 Å². The van der Waals surface area contributed by atoms with Gasteiger partial charge in [-0.25, -0.2) is 0 Å². The van der Waals surface area contributed by atoms with Gasteiger partial charge in [-0.3, -0.25) is 24.1 Å². The van der Waals surface area contributed by atoms with Crippen molar-refractivity contribution in [2.75, 3.05) is 97.5 Å². The number of carbonyl (C=O) groups excluding carboxylic acids is 4. The Kier molecular flexibility index (Phi) is 20.4. The van der Waals surface area contributed by atoms with E-state index in [4.69, 9.17) is 18.9 Å². The van der Waals surface area contributed by atoms with Crippen LogP contribution in [0, 0.1) is 18.3 Å². The summed E-state index contributed by atoms with van der Waals surface area (Å²) in [6, 6.07) is 18.6. The maximum absolute atomic E-state index is 14.8. The molecule has 0 radical (unpaired) electrons. The van der Waals surface area contributed by atoms with Crippen LogP contribution in [0.4, 0.5) is 5.69 Å². The van der Waals surface area contributed by atoms with Crippen LogP contribution in [0.15, 0.2) is 94.7 Å². The number of anilines is 1. The van der Waals surface area contributed by atoms with Gasteiger partial charge in [0.15, 0.2) is 17.4 Å². The summed E-state index contributed by atoms with van der Waals surface area (Å²) < 4.78 is 23.0. The Bertz CT molecular complexity index is 3340. The average molecular weight is 1200 g/mol. The summed E-state index contributed by atoms with van der Waals surface area (Å²) in [5.74, 6) is 0.923. The largest absolute Gasteiger partial charge is 0.384 e. The van der Waals surface area contributed by atoms with Crippen LogP contribution in [0.3, 0.4) is 0 Å². The van der Waals surface area contributed by atoms with Gasteiger partial charge in [0.25, 0.3) is 5.91 Å². The summed E-state index contributed by atoms with van der Waals surface area (Å²) in [5, 5.41) is 22.5. The molecule has 1 aromatic heterocycles. The molecule has 3 aliphatic carbocycles. The number of ketones is 2. The smallest absolute Gasteiger partial charge is 0.254 e. The Morgan fingerprint density at radius 1 is 0.773 bits per heavy atom. The highest BCUT2D eigenvalue weighted by atomic mass is 16.6. The van der Waals surface area contributed by atoms with Crippen molar-refractivity contribution in [3.05, 3.63) is 140 Å². The number of Topliss-reactive ketones (excluding diaryl/α,β-unsaturated/α-hetero) is 2. The topological polar surface area (TPSA) is 191 Å². The van der Waals surface area contributed by atoms with Crippen molar-refractivity contribution in [2.24, 2.45) is 11.3 Å². The fourth-order valence-electron chi connectivity index (χ4n) is 14.7. The first-order chi connectivity index (χ1) is 42.3. The monoisotopic (exact) mass is 1200 g/mol. The van der Waals surface area contributed by atoms with Gasteiger partial charge in [-0.05, 0) is 145 Å². The molecule has 3 aromatic carbocycles. The zero-order valence-corrected chi connectivity index (χ0v) is 53.9. The number of likely N-dealkylation sites (N-methyl/N-ethyl adjacent to an activating group) is 1. The summed E-state index contributed by atoms with van der Waals surface area (Å²) in [7, 11) is 1.86. The molecule has 4 aromatic rings. The van der Waals surface area contributed by atoms with E-state index in [1.165, 1.54) is 50.2 Å². The number of fused-ring (bicyclic) bond motifs is 4. The molecule has 17 nitrogen and oxygen atoms in total. The van der Waals surface area contributed by atoms with Crippen LogP contribution in [0.5, 0.6) is 0 Å². The third-order valence-corrected chi connectivity index (χ3v) is 18.7. The van der Waals surface area contributed by atoms with E-state index in [1.807, 2.05) is 57.3 Å². The highest BCUT2D eigenvalue weighted by Gasteiger charge is 2.48. The number of amides is 2. The number of nitrogens with zero attached hydrogens (tertiary/aromatic N) is 7. The lowest BCUT2D eigenvalue weighted by Gasteiger charge is -2.53. The number of carbonyl (C=O) groups is 4. The average Bonchev–Trinajstić information content (AvgIpc) is 0.711. The van der Waals surface area contributed by atoms with Gasteiger partial charge >= 0.3 is 0 Å². The standard InChI is InChI=1S/C71H93N9O8/c1-11-80-59-41-57-55(40-54(59)46(2)42-70(80,6)7)63(56-39-50-17-14-29-79-30-15-20-53(66(50)79)65(56)71(57,8)9)51-18-12-13-19-52(51)68(84)78(10)28-16-21-62(83)72-27-32-86-34-36-88-38-37-87-35-33-85-31-26-58(64-60(81)43-69(4,5)44-61(64)82)73-45-48-22-24-49(25-23-48)67-76-74-47(3)75-77-67/h12-13,18-19,22-25,39-41,46,59,73H,11,14-17,20-21,26-38,42-45H2,1-10H3,(H,72,83). The third kappa shape index (κ3) is 14.3. The number of nitrogens with one attached hydrogen (secondary N) is 2. The number of hydrogen-bond donors (Lipinski definition) is 2. The van der Waals surface area contributed by atoms with E-state index in [9.17, 15) is 19.2 Å². The highest BCUT2D eigenvalue weighted by molar-refractivity contribution is 6.22. The van der Waals surface area contributed by atoms with Crippen LogP contribution < -0.4 is 15.5 Å². The van der Waals surface area contributed by atoms with E-state index in [0.29, 0.717) is 133 Å². The minimum absolute atomic E-state index is 0.0430. The van der Waals surface area contributed by atoms with Crippen molar-refractivity contribution in [3.63, 3.8) is 0 Å². The Hall–Kier alpha value is -6.76. The molecule has 2 amide bonds. The number of allylic oxidation sites excluding steroid dienone is 4. The van der Waals surface area contributed by atoms with Gasteiger partial charge in [0.05, 0.1) is 64.5 Å². The van der Waals surface area contributed by atoms with E-state index in [0.717, 1.165) is 68.4 Å².